The summed E-state index contributed by atoms with van der Waals surface area (Å²) in [7, 11) is 0. The van der Waals surface area contributed by atoms with Crippen molar-refractivity contribution in [3.63, 3.8) is 0 Å². The van der Waals surface area contributed by atoms with Gasteiger partial charge in [0, 0.05) is 0 Å². The van der Waals surface area contributed by atoms with Crippen molar-refractivity contribution in [1.29, 1.82) is 0 Å². The van der Waals surface area contributed by atoms with E-state index in [4.69, 9.17) is 0 Å². The molecule has 1 aliphatic heterocycles. The van der Waals surface area contributed by atoms with Crippen molar-refractivity contribution >= 4 is 0 Å². The van der Waals surface area contributed by atoms with Crippen molar-refractivity contribution in [3.05, 3.63) is 0 Å². The fourth-order valence-electron chi connectivity index (χ4n) is 4.03. The molecular weight excluding hydrogens is 244 g/mol. The highest BCUT2D eigenvalue weighted by atomic mass is 15.1. The van der Waals surface area contributed by atoms with Gasteiger partial charge in [-0.05, 0) is 82.6 Å². The van der Waals surface area contributed by atoms with E-state index in [2.05, 4.69) is 24.1 Å². The lowest BCUT2D eigenvalue weighted by molar-refractivity contribution is 0.0670. The van der Waals surface area contributed by atoms with Gasteiger partial charge in [-0.1, -0.05) is 33.1 Å². The highest BCUT2D eigenvalue weighted by Crippen LogP contribution is 2.44. The minimum atomic E-state index is 0.771. The Bertz CT molecular complexity index is 246. The SMILES string of the molecule is CC(C)CNCCCCN1CCC2(CCCCC2)CC1. The Morgan fingerprint density at radius 3 is 2.30 bits per heavy atom. The van der Waals surface area contributed by atoms with E-state index in [0.717, 1.165) is 11.3 Å². The molecule has 2 fully saturated rings. The first-order chi connectivity index (χ1) is 9.70. The van der Waals surface area contributed by atoms with Crippen molar-refractivity contribution in [2.45, 2.75) is 71.6 Å². The van der Waals surface area contributed by atoms with E-state index in [1.54, 1.807) is 0 Å². The van der Waals surface area contributed by atoms with Crippen LogP contribution in [-0.2, 0) is 0 Å². The summed E-state index contributed by atoms with van der Waals surface area (Å²) in [6.07, 6.45) is 13.2. The van der Waals surface area contributed by atoms with Crippen molar-refractivity contribution in [2.75, 3.05) is 32.7 Å². The lowest BCUT2D eigenvalue weighted by Gasteiger charge is -2.44. The number of likely N-dealkylation sites (tertiary alicyclic amines) is 1. The molecule has 1 saturated carbocycles. The molecule has 0 aromatic carbocycles. The molecule has 2 rings (SSSR count). The first-order valence-electron chi connectivity index (χ1n) is 9.13. The zero-order valence-corrected chi connectivity index (χ0v) is 13.9. The smallest absolute Gasteiger partial charge is 0.00134 e. The summed E-state index contributed by atoms with van der Waals surface area (Å²) in [6.45, 7) is 11.0. The van der Waals surface area contributed by atoms with Crippen LogP contribution >= 0.6 is 0 Å². The second kappa shape index (κ2) is 8.38. The number of rotatable bonds is 7. The first-order valence-corrected chi connectivity index (χ1v) is 9.13. The Morgan fingerprint density at radius 1 is 0.950 bits per heavy atom. The van der Waals surface area contributed by atoms with Crippen molar-refractivity contribution in [1.82, 2.24) is 10.2 Å². The molecule has 1 N–H and O–H groups in total. The van der Waals surface area contributed by atoms with Gasteiger partial charge in [0.05, 0.1) is 0 Å². The lowest BCUT2D eigenvalue weighted by atomic mass is 9.68. The molecule has 1 heterocycles. The fraction of sp³-hybridized carbons (Fsp3) is 1.00. The highest BCUT2D eigenvalue weighted by Gasteiger charge is 2.35. The quantitative estimate of drug-likeness (QED) is 0.708. The van der Waals surface area contributed by atoms with Crippen LogP contribution in [0.4, 0.5) is 0 Å². The van der Waals surface area contributed by atoms with Gasteiger partial charge in [-0.3, -0.25) is 0 Å². The lowest BCUT2D eigenvalue weighted by Crippen LogP contribution is -2.41. The Labute approximate surface area is 126 Å². The molecule has 2 nitrogen and oxygen atoms in total. The molecule has 2 aliphatic rings. The third kappa shape index (κ3) is 5.37. The van der Waals surface area contributed by atoms with Crippen LogP contribution in [0.5, 0.6) is 0 Å². The Balaban J connectivity index is 1.51. The second-order valence-corrected chi connectivity index (χ2v) is 7.71. The number of unbranched alkanes of at least 4 members (excludes halogenated alkanes) is 1. The van der Waals surface area contributed by atoms with Gasteiger partial charge >= 0.3 is 0 Å². The van der Waals surface area contributed by atoms with Crippen LogP contribution in [0.3, 0.4) is 0 Å². The van der Waals surface area contributed by atoms with Gasteiger partial charge in [0.15, 0.2) is 0 Å². The normalized spacial score (nSPS) is 23.6. The van der Waals surface area contributed by atoms with E-state index >= 15 is 0 Å². The third-order valence-corrected chi connectivity index (χ3v) is 5.46. The molecule has 1 spiro atoms. The Morgan fingerprint density at radius 2 is 1.65 bits per heavy atom. The van der Waals surface area contributed by atoms with Gasteiger partial charge < -0.3 is 10.2 Å². The molecule has 0 amide bonds. The summed E-state index contributed by atoms with van der Waals surface area (Å²) >= 11 is 0. The standard InChI is InChI=1S/C18H36N2/c1-17(2)16-19-12-6-7-13-20-14-10-18(11-15-20)8-4-3-5-9-18/h17,19H,3-16H2,1-2H3. The van der Waals surface area contributed by atoms with E-state index in [1.165, 1.54) is 90.5 Å². The zero-order valence-electron chi connectivity index (χ0n) is 13.9. The first kappa shape index (κ1) is 16.3. The Kier molecular flexibility index (Phi) is 6.83. The summed E-state index contributed by atoms with van der Waals surface area (Å²) in [5.74, 6) is 0.781. The maximum atomic E-state index is 3.55. The predicted octanol–water partition coefficient (Wildman–Crippen LogP) is 4.06. The molecular formula is C18H36N2. The molecule has 0 unspecified atom stereocenters. The Hall–Kier alpha value is -0.0800. The molecule has 0 bridgehead atoms. The number of piperidine rings is 1. The van der Waals surface area contributed by atoms with Crippen LogP contribution in [0.1, 0.15) is 71.6 Å². The number of hydrogen-bond donors (Lipinski definition) is 1. The summed E-state index contributed by atoms with van der Waals surface area (Å²) in [5.41, 5.74) is 0.771. The number of nitrogens with zero attached hydrogens (tertiary/aromatic N) is 1. The maximum absolute atomic E-state index is 3.55. The van der Waals surface area contributed by atoms with Crippen LogP contribution in [0.2, 0.25) is 0 Å². The minimum Gasteiger partial charge on any atom is -0.316 e. The van der Waals surface area contributed by atoms with E-state index in [1.807, 2.05) is 0 Å². The van der Waals surface area contributed by atoms with Crippen LogP contribution in [-0.4, -0.2) is 37.6 Å². The largest absolute Gasteiger partial charge is 0.316 e. The van der Waals surface area contributed by atoms with E-state index < -0.39 is 0 Å². The highest BCUT2D eigenvalue weighted by molar-refractivity contribution is 4.88. The van der Waals surface area contributed by atoms with E-state index in [-0.39, 0.29) is 0 Å². The molecule has 2 heteroatoms. The average Bonchev–Trinajstić information content (AvgIpc) is 2.45. The third-order valence-electron chi connectivity index (χ3n) is 5.46. The molecule has 1 aliphatic carbocycles. The van der Waals surface area contributed by atoms with Gasteiger partial charge in [-0.2, -0.15) is 0 Å². The average molecular weight is 280 g/mol. The number of nitrogens with one attached hydrogen (secondary N) is 1. The van der Waals surface area contributed by atoms with Crippen molar-refractivity contribution in [3.8, 4) is 0 Å². The fourth-order valence-corrected chi connectivity index (χ4v) is 4.03. The van der Waals surface area contributed by atoms with E-state index in [0.29, 0.717) is 0 Å². The van der Waals surface area contributed by atoms with Crippen LogP contribution in [0.15, 0.2) is 0 Å². The molecule has 1 saturated heterocycles. The predicted molar refractivity (Wildman–Crippen MR) is 88.1 cm³/mol. The van der Waals surface area contributed by atoms with Gasteiger partial charge in [0.2, 0.25) is 0 Å². The van der Waals surface area contributed by atoms with Crippen LogP contribution in [0, 0.1) is 11.3 Å². The topological polar surface area (TPSA) is 15.3 Å². The van der Waals surface area contributed by atoms with Crippen molar-refractivity contribution < 1.29 is 0 Å². The van der Waals surface area contributed by atoms with Crippen molar-refractivity contribution in [2.24, 2.45) is 11.3 Å². The van der Waals surface area contributed by atoms with Gasteiger partial charge in [-0.25, -0.2) is 0 Å². The zero-order chi connectivity index (χ0) is 14.3. The summed E-state index contributed by atoms with van der Waals surface area (Å²) in [4.78, 5) is 2.72. The van der Waals surface area contributed by atoms with Gasteiger partial charge in [0.1, 0.15) is 0 Å². The molecule has 0 radical (unpaired) electrons. The molecule has 20 heavy (non-hydrogen) atoms. The van der Waals surface area contributed by atoms with Gasteiger partial charge in [-0.15, -0.1) is 0 Å². The van der Waals surface area contributed by atoms with Crippen LogP contribution in [0.25, 0.3) is 0 Å². The minimum absolute atomic E-state index is 0.771. The van der Waals surface area contributed by atoms with Gasteiger partial charge in [0.25, 0.3) is 0 Å². The van der Waals surface area contributed by atoms with Crippen LogP contribution < -0.4 is 5.32 Å². The molecule has 0 aromatic rings. The molecule has 0 aromatic heterocycles. The summed E-state index contributed by atoms with van der Waals surface area (Å²) in [5, 5.41) is 3.55. The summed E-state index contributed by atoms with van der Waals surface area (Å²) < 4.78 is 0. The maximum Gasteiger partial charge on any atom is -0.00134 e. The molecule has 0 atom stereocenters. The number of hydrogen-bond acceptors (Lipinski definition) is 2. The van der Waals surface area contributed by atoms with E-state index in [9.17, 15) is 0 Å². The second-order valence-electron chi connectivity index (χ2n) is 7.71. The monoisotopic (exact) mass is 280 g/mol. The summed E-state index contributed by atoms with van der Waals surface area (Å²) in [6, 6.07) is 0. The molecule has 118 valence electrons.